The van der Waals surface area contributed by atoms with Gasteiger partial charge < -0.3 is 4.74 Å². The second-order valence-electron chi connectivity index (χ2n) is 4.75. The summed E-state index contributed by atoms with van der Waals surface area (Å²) in [4.78, 5) is 18.3. The SMILES string of the molecule is O=C(/C=C/CN1CCOCC1)CCc1ccc(Br)cn1. The molecular weight excluding hydrogens is 320 g/mol. The van der Waals surface area contributed by atoms with E-state index in [-0.39, 0.29) is 5.78 Å². The van der Waals surface area contributed by atoms with Crippen molar-refractivity contribution in [2.24, 2.45) is 0 Å². The van der Waals surface area contributed by atoms with Crippen LogP contribution in [0.1, 0.15) is 12.1 Å². The standard InChI is InChI=1S/C15H19BrN2O2/c16-13-3-4-14(17-12-13)5-6-15(19)2-1-7-18-8-10-20-11-9-18/h1-4,12H,5-11H2/b2-1+. The van der Waals surface area contributed by atoms with Gasteiger partial charge in [-0.15, -0.1) is 0 Å². The molecule has 20 heavy (non-hydrogen) atoms. The van der Waals surface area contributed by atoms with Crippen LogP contribution in [0, 0.1) is 0 Å². The molecule has 2 heterocycles. The lowest BCUT2D eigenvalue weighted by molar-refractivity contribution is -0.114. The third kappa shape index (κ3) is 5.53. The van der Waals surface area contributed by atoms with Crippen LogP contribution in [-0.2, 0) is 16.0 Å². The molecule has 1 aliphatic rings. The Bertz CT molecular complexity index is 453. The Morgan fingerprint density at radius 1 is 1.40 bits per heavy atom. The van der Waals surface area contributed by atoms with Crippen molar-refractivity contribution in [3.63, 3.8) is 0 Å². The maximum absolute atomic E-state index is 11.8. The molecule has 0 amide bonds. The molecule has 1 aromatic heterocycles. The van der Waals surface area contributed by atoms with Gasteiger partial charge in [0.15, 0.2) is 5.78 Å². The van der Waals surface area contributed by atoms with Crippen LogP contribution < -0.4 is 0 Å². The van der Waals surface area contributed by atoms with E-state index in [2.05, 4.69) is 25.8 Å². The van der Waals surface area contributed by atoms with Crippen molar-refractivity contribution in [3.8, 4) is 0 Å². The normalized spacial score (nSPS) is 16.6. The Labute approximate surface area is 128 Å². The molecule has 0 aliphatic carbocycles. The number of hydrogen-bond acceptors (Lipinski definition) is 4. The molecule has 0 radical (unpaired) electrons. The smallest absolute Gasteiger partial charge is 0.155 e. The molecule has 1 aromatic rings. The second kappa shape index (κ2) is 8.29. The van der Waals surface area contributed by atoms with Gasteiger partial charge >= 0.3 is 0 Å². The maximum atomic E-state index is 11.8. The van der Waals surface area contributed by atoms with Crippen molar-refractivity contribution < 1.29 is 9.53 Å². The van der Waals surface area contributed by atoms with Gasteiger partial charge in [-0.2, -0.15) is 0 Å². The monoisotopic (exact) mass is 338 g/mol. The minimum Gasteiger partial charge on any atom is -0.379 e. The number of rotatable bonds is 6. The minimum absolute atomic E-state index is 0.156. The zero-order valence-electron chi connectivity index (χ0n) is 11.4. The van der Waals surface area contributed by atoms with Crippen molar-refractivity contribution in [3.05, 3.63) is 40.6 Å². The molecule has 1 fully saturated rings. The molecule has 1 aliphatic heterocycles. The molecule has 1 saturated heterocycles. The van der Waals surface area contributed by atoms with Gasteiger partial charge in [-0.3, -0.25) is 14.7 Å². The number of pyridine rings is 1. The van der Waals surface area contributed by atoms with Gasteiger partial charge in [0, 0.05) is 42.4 Å². The highest BCUT2D eigenvalue weighted by molar-refractivity contribution is 9.10. The lowest BCUT2D eigenvalue weighted by Gasteiger charge is -2.24. The molecule has 0 aromatic carbocycles. The summed E-state index contributed by atoms with van der Waals surface area (Å²) >= 11 is 3.34. The van der Waals surface area contributed by atoms with E-state index >= 15 is 0 Å². The number of nitrogens with zero attached hydrogens (tertiary/aromatic N) is 2. The van der Waals surface area contributed by atoms with Crippen LogP contribution in [0.5, 0.6) is 0 Å². The van der Waals surface area contributed by atoms with E-state index < -0.39 is 0 Å². The molecule has 5 heteroatoms. The number of carbonyl (C=O) groups is 1. The fourth-order valence-corrected chi connectivity index (χ4v) is 2.24. The van der Waals surface area contributed by atoms with Crippen LogP contribution in [0.15, 0.2) is 35.0 Å². The molecule has 4 nitrogen and oxygen atoms in total. The highest BCUT2D eigenvalue weighted by atomic mass is 79.9. The van der Waals surface area contributed by atoms with Gasteiger partial charge in [-0.25, -0.2) is 0 Å². The zero-order chi connectivity index (χ0) is 14.2. The summed E-state index contributed by atoms with van der Waals surface area (Å²) in [6, 6.07) is 3.88. The van der Waals surface area contributed by atoms with Gasteiger partial charge in [0.1, 0.15) is 0 Å². The van der Waals surface area contributed by atoms with Gasteiger partial charge in [-0.05, 0) is 40.6 Å². The molecule has 0 atom stereocenters. The fraction of sp³-hybridized carbons (Fsp3) is 0.467. The Hall–Kier alpha value is -1.04. The number of allylic oxidation sites excluding steroid dienone is 1. The first-order valence-electron chi connectivity index (χ1n) is 6.84. The molecule has 0 N–H and O–H groups in total. The average molecular weight is 339 g/mol. The van der Waals surface area contributed by atoms with Crippen LogP contribution in [0.4, 0.5) is 0 Å². The van der Waals surface area contributed by atoms with E-state index in [0.717, 1.165) is 43.0 Å². The largest absolute Gasteiger partial charge is 0.379 e. The third-order valence-electron chi connectivity index (χ3n) is 3.19. The highest BCUT2D eigenvalue weighted by Gasteiger charge is 2.08. The van der Waals surface area contributed by atoms with Gasteiger partial charge in [0.05, 0.1) is 13.2 Å². The van der Waals surface area contributed by atoms with E-state index in [1.807, 2.05) is 18.2 Å². The molecule has 0 spiro atoms. The molecule has 108 valence electrons. The van der Waals surface area contributed by atoms with Crippen molar-refractivity contribution in [1.29, 1.82) is 0 Å². The Kier molecular flexibility index (Phi) is 6.36. The Balaban J connectivity index is 1.67. The van der Waals surface area contributed by atoms with E-state index in [1.54, 1.807) is 12.3 Å². The quantitative estimate of drug-likeness (QED) is 0.746. The number of carbonyl (C=O) groups excluding carboxylic acids is 1. The lowest BCUT2D eigenvalue weighted by Crippen LogP contribution is -2.36. The van der Waals surface area contributed by atoms with Crippen molar-refractivity contribution in [2.75, 3.05) is 32.8 Å². The summed E-state index contributed by atoms with van der Waals surface area (Å²) in [7, 11) is 0. The van der Waals surface area contributed by atoms with Crippen LogP contribution >= 0.6 is 15.9 Å². The first-order valence-corrected chi connectivity index (χ1v) is 7.63. The van der Waals surface area contributed by atoms with Gasteiger partial charge in [-0.1, -0.05) is 6.08 Å². The topological polar surface area (TPSA) is 42.4 Å². The summed E-state index contributed by atoms with van der Waals surface area (Å²) in [5.74, 6) is 0.156. The maximum Gasteiger partial charge on any atom is 0.155 e. The van der Waals surface area contributed by atoms with Crippen LogP contribution in [0.2, 0.25) is 0 Å². The van der Waals surface area contributed by atoms with E-state index in [9.17, 15) is 4.79 Å². The van der Waals surface area contributed by atoms with Crippen molar-refractivity contribution in [1.82, 2.24) is 9.88 Å². The van der Waals surface area contributed by atoms with Gasteiger partial charge in [0.25, 0.3) is 0 Å². The summed E-state index contributed by atoms with van der Waals surface area (Å²) in [6.45, 7) is 4.29. The molecule has 2 rings (SSSR count). The van der Waals surface area contributed by atoms with E-state index in [4.69, 9.17) is 4.74 Å². The van der Waals surface area contributed by atoms with Crippen LogP contribution in [0.25, 0.3) is 0 Å². The Morgan fingerprint density at radius 3 is 2.90 bits per heavy atom. The number of aryl methyl sites for hydroxylation is 1. The number of ketones is 1. The molecule has 0 saturated carbocycles. The molecular formula is C15H19BrN2O2. The summed E-state index contributed by atoms with van der Waals surface area (Å²) in [5, 5.41) is 0. The molecule has 0 bridgehead atoms. The predicted molar refractivity (Wildman–Crippen MR) is 81.7 cm³/mol. The molecule has 0 unspecified atom stereocenters. The van der Waals surface area contributed by atoms with E-state index in [0.29, 0.717) is 12.8 Å². The number of morpholine rings is 1. The lowest BCUT2D eigenvalue weighted by atomic mass is 10.1. The Morgan fingerprint density at radius 2 is 2.20 bits per heavy atom. The highest BCUT2D eigenvalue weighted by Crippen LogP contribution is 2.08. The van der Waals surface area contributed by atoms with Gasteiger partial charge in [0.2, 0.25) is 0 Å². The summed E-state index contributed by atoms with van der Waals surface area (Å²) in [5.41, 5.74) is 0.947. The number of hydrogen-bond donors (Lipinski definition) is 0. The first kappa shape index (κ1) is 15.4. The number of ether oxygens (including phenoxy) is 1. The first-order chi connectivity index (χ1) is 9.74. The van der Waals surface area contributed by atoms with Crippen LogP contribution in [-0.4, -0.2) is 48.5 Å². The average Bonchev–Trinajstić information content (AvgIpc) is 2.48. The number of halogens is 1. The zero-order valence-corrected chi connectivity index (χ0v) is 13.0. The van der Waals surface area contributed by atoms with E-state index in [1.165, 1.54) is 0 Å². The van der Waals surface area contributed by atoms with Crippen molar-refractivity contribution in [2.45, 2.75) is 12.8 Å². The van der Waals surface area contributed by atoms with Crippen LogP contribution in [0.3, 0.4) is 0 Å². The second-order valence-corrected chi connectivity index (χ2v) is 5.67. The fourth-order valence-electron chi connectivity index (χ4n) is 2.01. The minimum atomic E-state index is 0.156. The predicted octanol–water partition coefficient (Wildman–Crippen LogP) is 2.23. The summed E-state index contributed by atoms with van der Waals surface area (Å²) < 4.78 is 6.24. The summed E-state index contributed by atoms with van der Waals surface area (Å²) in [6.07, 6.45) is 6.59. The van der Waals surface area contributed by atoms with Crippen molar-refractivity contribution >= 4 is 21.7 Å². The third-order valence-corrected chi connectivity index (χ3v) is 3.66. The number of aromatic nitrogens is 1.